The van der Waals surface area contributed by atoms with E-state index in [1.807, 2.05) is 0 Å². The average Bonchev–Trinajstić information content (AvgIpc) is 2.83. The summed E-state index contributed by atoms with van der Waals surface area (Å²) in [6, 6.07) is 0. The number of hydrogen-bond donors (Lipinski definition) is 2. The second-order valence-corrected chi connectivity index (χ2v) is 4.80. The zero-order valence-corrected chi connectivity index (χ0v) is 11.0. The topological polar surface area (TPSA) is 50.7 Å². The summed E-state index contributed by atoms with van der Waals surface area (Å²) >= 11 is 0. The smallest absolute Gasteiger partial charge is 0.101 e. The number of ether oxygens (including phenoxy) is 2. The summed E-state index contributed by atoms with van der Waals surface area (Å²) in [4.78, 5) is 0. The average molecular weight is 245 g/mol. The maximum atomic E-state index is 9.58. The van der Waals surface area contributed by atoms with Crippen LogP contribution in [0.4, 0.5) is 0 Å². The molecule has 1 saturated heterocycles. The molecule has 1 aliphatic rings. The first-order valence-corrected chi connectivity index (χ1v) is 6.87. The van der Waals surface area contributed by atoms with Crippen LogP contribution in [0.2, 0.25) is 0 Å². The molecular weight excluding hydrogens is 218 g/mol. The fourth-order valence-corrected chi connectivity index (χ4v) is 1.94. The van der Waals surface area contributed by atoms with Crippen molar-refractivity contribution in [3.63, 3.8) is 0 Å². The SMILES string of the molecule is CCCCOCC(O)COCCC1CCNC1. The molecule has 1 fully saturated rings. The largest absolute Gasteiger partial charge is 0.388 e. The predicted molar refractivity (Wildman–Crippen MR) is 68.1 cm³/mol. The highest BCUT2D eigenvalue weighted by molar-refractivity contribution is 4.70. The lowest BCUT2D eigenvalue weighted by molar-refractivity contribution is -0.0212. The van der Waals surface area contributed by atoms with Gasteiger partial charge in [0, 0.05) is 13.2 Å². The van der Waals surface area contributed by atoms with Gasteiger partial charge in [0.2, 0.25) is 0 Å². The highest BCUT2D eigenvalue weighted by Gasteiger charge is 2.14. The molecular formula is C13H27NO3. The summed E-state index contributed by atoms with van der Waals surface area (Å²) in [5.74, 6) is 0.757. The first-order chi connectivity index (χ1) is 8.33. The molecule has 0 bridgehead atoms. The van der Waals surface area contributed by atoms with E-state index in [1.54, 1.807) is 0 Å². The van der Waals surface area contributed by atoms with Crippen molar-refractivity contribution < 1.29 is 14.6 Å². The van der Waals surface area contributed by atoms with Gasteiger partial charge in [0.25, 0.3) is 0 Å². The van der Waals surface area contributed by atoms with E-state index >= 15 is 0 Å². The van der Waals surface area contributed by atoms with Crippen LogP contribution in [0.3, 0.4) is 0 Å². The van der Waals surface area contributed by atoms with Crippen molar-refractivity contribution in [1.82, 2.24) is 5.32 Å². The Morgan fingerprint density at radius 1 is 1.29 bits per heavy atom. The minimum Gasteiger partial charge on any atom is -0.388 e. The predicted octanol–water partition coefficient (Wildman–Crippen LogP) is 1.18. The molecule has 0 radical (unpaired) electrons. The monoisotopic (exact) mass is 245 g/mol. The summed E-state index contributed by atoms with van der Waals surface area (Å²) in [5.41, 5.74) is 0. The van der Waals surface area contributed by atoms with Crippen LogP contribution in [0.5, 0.6) is 0 Å². The molecule has 1 aliphatic heterocycles. The van der Waals surface area contributed by atoms with Crippen molar-refractivity contribution in [3.8, 4) is 0 Å². The Balaban J connectivity index is 1.84. The highest BCUT2D eigenvalue weighted by atomic mass is 16.5. The summed E-state index contributed by atoms with van der Waals surface area (Å²) in [7, 11) is 0. The van der Waals surface area contributed by atoms with E-state index < -0.39 is 6.10 Å². The summed E-state index contributed by atoms with van der Waals surface area (Å²) in [6.07, 6.45) is 4.06. The zero-order valence-electron chi connectivity index (χ0n) is 11.0. The second kappa shape index (κ2) is 9.83. The van der Waals surface area contributed by atoms with Gasteiger partial charge >= 0.3 is 0 Å². The van der Waals surface area contributed by atoms with Gasteiger partial charge in [-0.1, -0.05) is 13.3 Å². The summed E-state index contributed by atoms with van der Waals surface area (Å²) in [6.45, 7) is 6.66. The molecule has 2 atom stereocenters. The van der Waals surface area contributed by atoms with Crippen molar-refractivity contribution in [3.05, 3.63) is 0 Å². The van der Waals surface area contributed by atoms with Crippen molar-refractivity contribution in [2.75, 3.05) is 39.5 Å². The van der Waals surface area contributed by atoms with E-state index in [0.29, 0.717) is 13.2 Å². The van der Waals surface area contributed by atoms with Crippen LogP contribution in [0, 0.1) is 5.92 Å². The van der Waals surface area contributed by atoms with E-state index in [1.165, 1.54) is 6.42 Å². The van der Waals surface area contributed by atoms with Gasteiger partial charge in [-0.25, -0.2) is 0 Å². The normalized spacial score (nSPS) is 21.9. The number of rotatable bonds is 10. The van der Waals surface area contributed by atoms with E-state index in [0.717, 1.165) is 51.5 Å². The summed E-state index contributed by atoms with van der Waals surface area (Å²) in [5, 5.41) is 12.9. The Labute approximate surface area is 105 Å². The van der Waals surface area contributed by atoms with Gasteiger partial charge in [-0.2, -0.15) is 0 Å². The molecule has 0 aromatic carbocycles. The number of aliphatic hydroxyl groups is 1. The molecule has 4 nitrogen and oxygen atoms in total. The van der Waals surface area contributed by atoms with E-state index in [9.17, 15) is 5.11 Å². The Morgan fingerprint density at radius 2 is 2.06 bits per heavy atom. The van der Waals surface area contributed by atoms with E-state index in [-0.39, 0.29) is 0 Å². The van der Waals surface area contributed by atoms with Gasteiger partial charge in [-0.05, 0) is 38.3 Å². The minimum absolute atomic E-state index is 0.394. The van der Waals surface area contributed by atoms with Crippen LogP contribution in [0.15, 0.2) is 0 Å². The van der Waals surface area contributed by atoms with Crippen LogP contribution in [-0.2, 0) is 9.47 Å². The fourth-order valence-electron chi connectivity index (χ4n) is 1.94. The molecule has 2 unspecified atom stereocenters. The molecule has 102 valence electrons. The van der Waals surface area contributed by atoms with E-state index in [4.69, 9.17) is 9.47 Å². The molecule has 1 heterocycles. The van der Waals surface area contributed by atoms with Crippen LogP contribution < -0.4 is 5.32 Å². The van der Waals surface area contributed by atoms with Crippen molar-refractivity contribution in [1.29, 1.82) is 0 Å². The first kappa shape index (κ1) is 14.9. The summed E-state index contributed by atoms with van der Waals surface area (Å²) < 4.78 is 10.8. The number of unbranched alkanes of at least 4 members (excludes halogenated alkanes) is 1. The Bertz CT molecular complexity index is 172. The first-order valence-electron chi connectivity index (χ1n) is 6.87. The Kier molecular flexibility index (Phi) is 8.61. The Morgan fingerprint density at radius 3 is 2.71 bits per heavy atom. The van der Waals surface area contributed by atoms with Crippen LogP contribution in [0.25, 0.3) is 0 Å². The second-order valence-electron chi connectivity index (χ2n) is 4.80. The van der Waals surface area contributed by atoms with Gasteiger partial charge < -0.3 is 19.9 Å². The third-order valence-electron chi connectivity index (χ3n) is 3.10. The van der Waals surface area contributed by atoms with Gasteiger partial charge in [-0.15, -0.1) is 0 Å². The number of nitrogens with one attached hydrogen (secondary N) is 1. The standard InChI is InChI=1S/C13H27NO3/c1-2-3-7-16-10-13(15)11-17-8-5-12-4-6-14-9-12/h12-15H,2-11H2,1H3. The third-order valence-corrected chi connectivity index (χ3v) is 3.10. The van der Waals surface area contributed by atoms with Gasteiger partial charge in [-0.3, -0.25) is 0 Å². The Hall–Kier alpha value is -0.160. The van der Waals surface area contributed by atoms with Crippen molar-refractivity contribution in [2.45, 2.75) is 38.7 Å². The molecule has 4 heteroatoms. The third kappa shape index (κ3) is 7.71. The molecule has 0 aromatic rings. The molecule has 1 rings (SSSR count). The number of hydrogen-bond acceptors (Lipinski definition) is 4. The molecule has 0 aliphatic carbocycles. The number of aliphatic hydroxyl groups excluding tert-OH is 1. The van der Waals surface area contributed by atoms with Gasteiger partial charge in [0.05, 0.1) is 13.2 Å². The maximum Gasteiger partial charge on any atom is 0.101 e. The lowest BCUT2D eigenvalue weighted by atomic mass is 10.1. The molecule has 0 saturated carbocycles. The van der Waals surface area contributed by atoms with Gasteiger partial charge in [0.15, 0.2) is 0 Å². The van der Waals surface area contributed by atoms with Crippen molar-refractivity contribution >= 4 is 0 Å². The fraction of sp³-hybridized carbons (Fsp3) is 1.00. The van der Waals surface area contributed by atoms with Crippen LogP contribution in [0.1, 0.15) is 32.6 Å². The van der Waals surface area contributed by atoms with Gasteiger partial charge in [0.1, 0.15) is 6.10 Å². The molecule has 0 spiro atoms. The molecule has 17 heavy (non-hydrogen) atoms. The molecule has 0 amide bonds. The maximum absolute atomic E-state index is 9.58. The molecule has 0 aromatic heterocycles. The lowest BCUT2D eigenvalue weighted by Gasteiger charge is -2.13. The lowest BCUT2D eigenvalue weighted by Crippen LogP contribution is -2.23. The van der Waals surface area contributed by atoms with Crippen LogP contribution in [-0.4, -0.2) is 50.7 Å². The van der Waals surface area contributed by atoms with Crippen molar-refractivity contribution in [2.24, 2.45) is 5.92 Å². The van der Waals surface area contributed by atoms with E-state index in [2.05, 4.69) is 12.2 Å². The molecule has 2 N–H and O–H groups in total. The zero-order chi connectivity index (χ0) is 12.3. The minimum atomic E-state index is -0.478. The quantitative estimate of drug-likeness (QED) is 0.568. The highest BCUT2D eigenvalue weighted by Crippen LogP contribution is 2.11. The van der Waals surface area contributed by atoms with Crippen LogP contribution >= 0.6 is 0 Å².